The van der Waals surface area contributed by atoms with Crippen molar-refractivity contribution in [2.75, 3.05) is 0 Å². The van der Waals surface area contributed by atoms with Gasteiger partial charge in [0.1, 0.15) is 0 Å². The summed E-state index contributed by atoms with van der Waals surface area (Å²) >= 11 is 0. The summed E-state index contributed by atoms with van der Waals surface area (Å²) in [7, 11) is 0. The minimum atomic E-state index is 0.666. The second-order valence-corrected chi connectivity index (χ2v) is 4.87. The number of hydrogen-bond acceptors (Lipinski definition) is 2. The fourth-order valence-electron chi connectivity index (χ4n) is 1.43. The Morgan fingerprint density at radius 1 is 0.786 bits per heavy atom. The highest BCUT2D eigenvalue weighted by atomic mass is 15.2. The van der Waals surface area contributed by atoms with E-state index >= 15 is 0 Å². The molecular weight excluding hydrogens is 172 g/mol. The van der Waals surface area contributed by atoms with Gasteiger partial charge in [0.2, 0.25) is 0 Å². The Kier molecular flexibility index (Phi) is 6.43. The van der Waals surface area contributed by atoms with Crippen LogP contribution in [0.2, 0.25) is 0 Å². The highest BCUT2D eigenvalue weighted by molar-refractivity contribution is 5.85. The Hall–Kier alpha value is -0.660. The van der Waals surface area contributed by atoms with E-state index in [9.17, 15) is 0 Å². The van der Waals surface area contributed by atoms with Gasteiger partial charge in [0.15, 0.2) is 0 Å². The highest BCUT2D eigenvalue weighted by Gasteiger charge is 1.98. The topological polar surface area (TPSA) is 24.7 Å². The first-order valence-electron chi connectivity index (χ1n) is 5.48. The second kappa shape index (κ2) is 6.74. The van der Waals surface area contributed by atoms with Crippen LogP contribution in [0, 0.1) is 11.8 Å². The molecule has 0 amide bonds. The van der Waals surface area contributed by atoms with Gasteiger partial charge in [-0.25, -0.2) is 0 Å². The van der Waals surface area contributed by atoms with Crippen LogP contribution in [-0.4, -0.2) is 11.4 Å². The van der Waals surface area contributed by atoms with E-state index in [1.807, 2.05) is 13.8 Å². The fraction of sp³-hybridized carbons (Fsp3) is 0.833. The van der Waals surface area contributed by atoms with Gasteiger partial charge >= 0.3 is 0 Å². The third-order valence-corrected chi connectivity index (χ3v) is 1.80. The number of hydrogen-bond donors (Lipinski definition) is 0. The van der Waals surface area contributed by atoms with Crippen molar-refractivity contribution in [2.24, 2.45) is 22.0 Å². The van der Waals surface area contributed by atoms with Crippen molar-refractivity contribution in [3.8, 4) is 0 Å². The first-order valence-corrected chi connectivity index (χ1v) is 5.48. The summed E-state index contributed by atoms with van der Waals surface area (Å²) in [5.74, 6) is 1.33. The van der Waals surface area contributed by atoms with Gasteiger partial charge in [-0.15, -0.1) is 0 Å². The van der Waals surface area contributed by atoms with Gasteiger partial charge in [-0.3, -0.25) is 0 Å². The molecule has 0 aromatic rings. The van der Waals surface area contributed by atoms with Gasteiger partial charge in [-0.05, 0) is 38.5 Å². The maximum absolute atomic E-state index is 4.22. The van der Waals surface area contributed by atoms with E-state index in [-0.39, 0.29) is 0 Å². The average molecular weight is 196 g/mol. The van der Waals surface area contributed by atoms with Crippen LogP contribution in [0.15, 0.2) is 10.2 Å². The van der Waals surface area contributed by atoms with Gasteiger partial charge in [-0.1, -0.05) is 27.7 Å². The summed E-state index contributed by atoms with van der Waals surface area (Å²) in [5.41, 5.74) is 2.26. The van der Waals surface area contributed by atoms with E-state index in [2.05, 4.69) is 37.9 Å². The van der Waals surface area contributed by atoms with Crippen LogP contribution in [0.5, 0.6) is 0 Å². The van der Waals surface area contributed by atoms with Crippen molar-refractivity contribution in [1.82, 2.24) is 0 Å². The molecule has 0 atom stereocenters. The fourth-order valence-corrected chi connectivity index (χ4v) is 1.43. The monoisotopic (exact) mass is 196 g/mol. The van der Waals surface area contributed by atoms with Crippen LogP contribution >= 0.6 is 0 Å². The maximum Gasteiger partial charge on any atom is 0.0377 e. The van der Waals surface area contributed by atoms with E-state index in [4.69, 9.17) is 0 Å². The maximum atomic E-state index is 4.22. The minimum absolute atomic E-state index is 0.666. The predicted octanol–water partition coefficient (Wildman–Crippen LogP) is 3.92. The summed E-state index contributed by atoms with van der Waals surface area (Å²) in [5, 5.41) is 8.44. The Bertz CT molecular complexity index is 188. The van der Waals surface area contributed by atoms with E-state index < -0.39 is 0 Å². The van der Waals surface area contributed by atoms with E-state index in [1.54, 1.807) is 0 Å². The Morgan fingerprint density at radius 3 is 1.29 bits per heavy atom. The molecule has 2 heteroatoms. The van der Waals surface area contributed by atoms with Crippen LogP contribution < -0.4 is 0 Å². The Balaban J connectivity index is 4.09. The van der Waals surface area contributed by atoms with Crippen LogP contribution in [0.4, 0.5) is 0 Å². The molecule has 0 aliphatic heterocycles. The predicted molar refractivity (Wildman–Crippen MR) is 65.1 cm³/mol. The van der Waals surface area contributed by atoms with Crippen LogP contribution in [0.25, 0.3) is 0 Å². The van der Waals surface area contributed by atoms with Gasteiger partial charge in [-0.2, -0.15) is 10.2 Å². The zero-order chi connectivity index (χ0) is 11.1. The summed E-state index contributed by atoms with van der Waals surface area (Å²) in [6.07, 6.45) is 2.08. The summed E-state index contributed by atoms with van der Waals surface area (Å²) in [6, 6.07) is 0. The normalized spacial score (nSPS) is 14.3. The summed E-state index contributed by atoms with van der Waals surface area (Å²) < 4.78 is 0. The van der Waals surface area contributed by atoms with Crippen LogP contribution in [0.1, 0.15) is 54.4 Å². The van der Waals surface area contributed by atoms with Crippen molar-refractivity contribution in [1.29, 1.82) is 0 Å². The van der Waals surface area contributed by atoms with Crippen molar-refractivity contribution < 1.29 is 0 Å². The van der Waals surface area contributed by atoms with Gasteiger partial charge < -0.3 is 0 Å². The van der Waals surface area contributed by atoms with Gasteiger partial charge in [0, 0.05) is 11.4 Å². The molecular formula is C12H24N2. The molecule has 0 saturated carbocycles. The molecule has 0 aliphatic rings. The number of rotatable bonds is 5. The smallest absolute Gasteiger partial charge is 0.0377 e. The lowest BCUT2D eigenvalue weighted by atomic mass is 10.1. The van der Waals surface area contributed by atoms with Crippen LogP contribution in [-0.2, 0) is 0 Å². The first-order chi connectivity index (χ1) is 6.41. The Morgan fingerprint density at radius 2 is 1.07 bits per heavy atom. The quantitative estimate of drug-likeness (QED) is 0.470. The van der Waals surface area contributed by atoms with Crippen molar-refractivity contribution in [3.05, 3.63) is 0 Å². The minimum Gasteiger partial charge on any atom is -0.160 e. The van der Waals surface area contributed by atoms with Crippen molar-refractivity contribution in [2.45, 2.75) is 54.4 Å². The van der Waals surface area contributed by atoms with E-state index in [0.717, 1.165) is 24.3 Å². The molecule has 0 radical (unpaired) electrons. The molecule has 0 fully saturated rings. The largest absolute Gasteiger partial charge is 0.160 e. The number of nitrogens with zero attached hydrogens (tertiary/aromatic N) is 2. The molecule has 0 unspecified atom stereocenters. The van der Waals surface area contributed by atoms with Crippen LogP contribution in [0.3, 0.4) is 0 Å². The second-order valence-electron chi connectivity index (χ2n) is 4.87. The highest BCUT2D eigenvalue weighted by Crippen LogP contribution is 2.04. The third-order valence-electron chi connectivity index (χ3n) is 1.80. The zero-order valence-electron chi connectivity index (χ0n) is 10.5. The lowest BCUT2D eigenvalue weighted by molar-refractivity contribution is 0.676. The molecule has 0 N–H and O–H groups in total. The van der Waals surface area contributed by atoms with E-state index in [0.29, 0.717) is 11.8 Å². The molecule has 14 heavy (non-hydrogen) atoms. The standard InChI is InChI=1S/C12H24N2/c1-9(2)7-11(5)13-14-12(6)8-10(3)4/h9-10H,7-8H2,1-6H3/b13-11-,14-12+. The lowest BCUT2D eigenvalue weighted by Crippen LogP contribution is -2.00. The third kappa shape index (κ3) is 7.96. The van der Waals surface area contributed by atoms with E-state index in [1.165, 1.54) is 0 Å². The lowest BCUT2D eigenvalue weighted by Gasteiger charge is -2.03. The molecule has 0 aromatic heterocycles. The molecule has 0 heterocycles. The van der Waals surface area contributed by atoms with Crippen molar-refractivity contribution >= 4 is 11.4 Å². The molecule has 0 spiro atoms. The molecule has 0 rings (SSSR count). The summed E-state index contributed by atoms with van der Waals surface area (Å²) in [4.78, 5) is 0. The molecule has 2 nitrogen and oxygen atoms in total. The van der Waals surface area contributed by atoms with Gasteiger partial charge in [0.25, 0.3) is 0 Å². The molecule has 0 bridgehead atoms. The average Bonchev–Trinajstić information content (AvgIpc) is 1.98. The summed E-state index contributed by atoms with van der Waals surface area (Å²) in [6.45, 7) is 12.9. The molecule has 0 saturated heterocycles. The van der Waals surface area contributed by atoms with Crippen molar-refractivity contribution in [3.63, 3.8) is 0 Å². The molecule has 0 aliphatic carbocycles. The molecule has 82 valence electrons. The Labute approximate surface area is 88.5 Å². The SMILES string of the molecule is C/C(CC(C)C)=N/N=C(\C)CC(C)C. The molecule has 0 aromatic carbocycles. The van der Waals surface area contributed by atoms with Gasteiger partial charge in [0.05, 0.1) is 0 Å². The first kappa shape index (κ1) is 13.3. The zero-order valence-corrected chi connectivity index (χ0v) is 10.5.